The molecule has 98 valence electrons. The predicted octanol–water partition coefficient (Wildman–Crippen LogP) is 2.64. The zero-order valence-corrected chi connectivity index (χ0v) is 10.4. The predicted molar refractivity (Wildman–Crippen MR) is 73.4 cm³/mol. The second-order valence-corrected chi connectivity index (χ2v) is 3.95. The zero-order chi connectivity index (χ0) is 13.8. The van der Waals surface area contributed by atoms with Crippen LogP contribution in [0.5, 0.6) is 5.88 Å². The van der Waals surface area contributed by atoms with Crippen molar-refractivity contribution < 1.29 is 9.53 Å². The Morgan fingerprint density at radius 1 is 1.05 bits per heavy atom. The average molecular weight is 266 g/mol. The summed E-state index contributed by atoms with van der Waals surface area (Å²) < 4.78 is 5.10. The summed E-state index contributed by atoms with van der Waals surface area (Å²) in [6.45, 7) is 0. The Labute approximate surface area is 114 Å². The lowest BCUT2D eigenvalue weighted by Gasteiger charge is -2.05. The Kier molecular flexibility index (Phi) is 3.20. The molecule has 3 aromatic heterocycles. The topological polar surface area (TPSA) is 77.0 Å². The van der Waals surface area contributed by atoms with Gasteiger partial charge in [0.15, 0.2) is 5.65 Å². The van der Waals surface area contributed by atoms with Crippen molar-refractivity contribution in [2.45, 2.75) is 0 Å². The van der Waals surface area contributed by atoms with E-state index < -0.39 is 6.09 Å². The maximum atomic E-state index is 11.7. The minimum absolute atomic E-state index is 0.197. The Bertz CT molecular complexity index is 746. The van der Waals surface area contributed by atoms with E-state index in [1.54, 1.807) is 42.9 Å². The average Bonchev–Trinajstić information content (AvgIpc) is 2.48. The van der Waals surface area contributed by atoms with Gasteiger partial charge >= 0.3 is 6.09 Å². The smallest absolute Gasteiger partial charge is 0.391 e. The van der Waals surface area contributed by atoms with Gasteiger partial charge in [0.2, 0.25) is 5.88 Å². The van der Waals surface area contributed by atoms with E-state index in [-0.39, 0.29) is 5.88 Å². The van der Waals surface area contributed by atoms with Gasteiger partial charge in [-0.25, -0.2) is 9.78 Å². The molecule has 0 unspecified atom stereocenters. The largest absolute Gasteiger partial charge is 0.418 e. The molecule has 3 heterocycles. The molecule has 1 amide bonds. The number of rotatable bonds is 2. The molecule has 0 radical (unpaired) electrons. The highest BCUT2D eigenvalue weighted by Gasteiger charge is 2.07. The number of ether oxygens (including phenoxy) is 1. The highest BCUT2D eigenvalue weighted by Crippen LogP contribution is 2.14. The first-order chi connectivity index (χ1) is 9.81. The molecule has 0 saturated carbocycles. The molecule has 0 aliphatic rings. The monoisotopic (exact) mass is 266 g/mol. The van der Waals surface area contributed by atoms with Crippen LogP contribution in [0, 0.1) is 0 Å². The molecular weight excluding hydrogens is 256 g/mol. The molecule has 0 aliphatic carbocycles. The van der Waals surface area contributed by atoms with Crippen molar-refractivity contribution >= 4 is 22.8 Å². The van der Waals surface area contributed by atoms with Gasteiger partial charge in [-0.3, -0.25) is 10.3 Å². The van der Waals surface area contributed by atoms with Gasteiger partial charge in [0.25, 0.3) is 0 Å². The molecule has 3 aromatic rings. The van der Waals surface area contributed by atoms with Crippen LogP contribution in [0.4, 0.5) is 10.5 Å². The summed E-state index contributed by atoms with van der Waals surface area (Å²) >= 11 is 0. The van der Waals surface area contributed by atoms with Gasteiger partial charge in [-0.15, -0.1) is 0 Å². The van der Waals surface area contributed by atoms with Crippen molar-refractivity contribution in [3.8, 4) is 5.88 Å². The van der Waals surface area contributed by atoms with Crippen LogP contribution in [-0.4, -0.2) is 21.0 Å². The van der Waals surface area contributed by atoms with Crippen molar-refractivity contribution in [1.29, 1.82) is 0 Å². The summed E-state index contributed by atoms with van der Waals surface area (Å²) in [7, 11) is 0. The normalized spacial score (nSPS) is 10.2. The summed E-state index contributed by atoms with van der Waals surface area (Å²) in [5, 5.41) is 3.46. The quantitative estimate of drug-likeness (QED) is 0.771. The molecule has 6 nitrogen and oxygen atoms in total. The van der Waals surface area contributed by atoms with Crippen LogP contribution in [0.25, 0.3) is 11.0 Å². The lowest BCUT2D eigenvalue weighted by Crippen LogP contribution is -2.17. The molecule has 1 N–H and O–H groups in total. The van der Waals surface area contributed by atoms with E-state index in [0.29, 0.717) is 11.3 Å². The summed E-state index contributed by atoms with van der Waals surface area (Å²) in [4.78, 5) is 23.8. The van der Waals surface area contributed by atoms with Crippen LogP contribution in [-0.2, 0) is 0 Å². The molecule has 0 saturated heterocycles. The number of hydrogen-bond donors (Lipinski definition) is 1. The highest BCUT2D eigenvalue weighted by molar-refractivity contribution is 5.86. The van der Waals surface area contributed by atoms with Crippen molar-refractivity contribution in [2.24, 2.45) is 0 Å². The minimum Gasteiger partial charge on any atom is -0.391 e. The summed E-state index contributed by atoms with van der Waals surface area (Å²) in [5.41, 5.74) is 1.13. The Hall–Kier alpha value is -3.02. The third-order valence-corrected chi connectivity index (χ3v) is 2.56. The number of carbonyl (C=O) groups is 1. The van der Waals surface area contributed by atoms with Gasteiger partial charge in [0.1, 0.15) is 0 Å². The molecule has 20 heavy (non-hydrogen) atoms. The van der Waals surface area contributed by atoms with Crippen LogP contribution in [0.15, 0.2) is 55.0 Å². The van der Waals surface area contributed by atoms with Gasteiger partial charge in [0, 0.05) is 35.7 Å². The Balaban J connectivity index is 1.74. The first-order valence-electron chi connectivity index (χ1n) is 5.92. The fraction of sp³-hybridized carbons (Fsp3) is 0. The lowest BCUT2D eigenvalue weighted by atomic mass is 10.3. The number of nitrogens with zero attached hydrogens (tertiary/aromatic N) is 3. The van der Waals surface area contributed by atoms with E-state index in [1.165, 1.54) is 0 Å². The molecule has 0 fully saturated rings. The molecule has 0 aliphatic heterocycles. The third-order valence-electron chi connectivity index (χ3n) is 2.56. The van der Waals surface area contributed by atoms with Crippen molar-refractivity contribution in [2.75, 3.05) is 5.32 Å². The standard InChI is InChI=1S/C14H10N4O2/c19-14(17-11-5-8-15-9-6-11)20-12-4-3-10-2-1-7-16-13(10)18-12/h1-9H,(H,15,17,19). The van der Waals surface area contributed by atoms with E-state index in [1.807, 2.05) is 12.1 Å². The minimum atomic E-state index is -0.612. The number of amides is 1. The number of aromatic nitrogens is 3. The highest BCUT2D eigenvalue weighted by atomic mass is 16.6. The molecule has 3 rings (SSSR count). The number of carbonyl (C=O) groups excluding carboxylic acids is 1. The van der Waals surface area contributed by atoms with Crippen LogP contribution < -0.4 is 10.1 Å². The van der Waals surface area contributed by atoms with Gasteiger partial charge in [0.05, 0.1) is 0 Å². The fourth-order valence-electron chi connectivity index (χ4n) is 1.67. The van der Waals surface area contributed by atoms with Crippen LogP contribution >= 0.6 is 0 Å². The van der Waals surface area contributed by atoms with Gasteiger partial charge in [-0.2, -0.15) is 4.98 Å². The molecule has 0 bridgehead atoms. The van der Waals surface area contributed by atoms with Crippen LogP contribution in [0.2, 0.25) is 0 Å². The molecule has 0 spiro atoms. The number of anilines is 1. The fourth-order valence-corrected chi connectivity index (χ4v) is 1.67. The third kappa shape index (κ3) is 2.69. The second kappa shape index (κ2) is 5.31. The SMILES string of the molecule is O=C(Nc1ccncc1)Oc1ccc2cccnc2n1. The van der Waals surface area contributed by atoms with Crippen molar-refractivity contribution in [1.82, 2.24) is 15.0 Å². The van der Waals surface area contributed by atoms with Gasteiger partial charge < -0.3 is 4.74 Å². The second-order valence-electron chi connectivity index (χ2n) is 3.95. The number of pyridine rings is 3. The maximum absolute atomic E-state index is 11.7. The van der Waals surface area contributed by atoms with Crippen LogP contribution in [0.1, 0.15) is 0 Å². The lowest BCUT2D eigenvalue weighted by molar-refractivity contribution is 0.213. The van der Waals surface area contributed by atoms with Crippen molar-refractivity contribution in [3.05, 3.63) is 55.0 Å². The van der Waals surface area contributed by atoms with Gasteiger partial charge in [-0.1, -0.05) is 0 Å². The van der Waals surface area contributed by atoms with Crippen LogP contribution in [0.3, 0.4) is 0 Å². The van der Waals surface area contributed by atoms with Gasteiger partial charge in [-0.05, 0) is 30.3 Å². The van der Waals surface area contributed by atoms with E-state index in [2.05, 4.69) is 20.3 Å². The number of hydrogen-bond acceptors (Lipinski definition) is 5. The summed E-state index contributed by atoms with van der Waals surface area (Å²) in [6, 6.07) is 10.4. The first kappa shape index (κ1) is 12.0. The molecule has 6 heteroatoms. The Morgan fingerprint density at radius 2 is 1.90 bits per heavy atom. The Morgan fingerprint density at radius 3 is 2.75 bits per heavy atom. The van der Waals surface area contributed by atoms with E-state index >= 15 is 0 Å². The van der Waals surface area contributed by atoms with E-state index in [0.717, 1.165) is 5.39 Å². The summed E-state index contributed by atoms with van der Waals surface area (Å²) in [5.74, 6) is 0.197. The molecule has 0 atom stereocenters. The molecular formula is C14H10N4O2. The number of nitrogens with one attached hydrogen (secondary N) is 1. The maximum Gasteiger partial charge on any atom is 0.418 e. The number of fused-ring (bicyclic) bond motifs is 1. The zero-order valence-electron chi connectivity index (χ0n) is 10.4. The van der Waals surface area contributed by atoms with Crippen molar-refractivity contribution in [3.63, 3.8) is 0 Å². The summed E-state index contributed by atoms with van der Waals surface area (Å²) in [6.07, 6.45) is 4.18. The first-order valence-corrected chi connectivity index (χ1v) is 5.92. The van der Waals surface area contributed by atoms with E-state index in [4.69, 9.17) is 4.74 Å². The molecule has 0 aromatic carbocycles. The van der Waals surface area contributed by atoms with E-state index in [9.17, 15) is 4.79 Å².